The molecule has 0 atom stereocenters. The Hall–Kier alpha value is -1.49. The molecule has 2 aromatic rings. The highest BCUT2D eigenvalue weighted by atomic mass is 32.2. The van der Waals surface area contributed by atoms with Crippen LogP contribution in [0.1, 0.15) is 19.8 Å². The van der Waals surface area contributed by atoms with Gasteiger partial charge in [0.2, 0.25) is 5.95 Å². The molecule has 0 aliphatic carbocycles. The first-order valence-electron chi connectivity index (χ1n) is 7.08. The minimum absolute atomic E-state index is 0.706. The number of benzene rings is 1. The van der Waals surface area contributed by atoms with Crippen LogP contribution < -0.4 is 10.6 Å². The van der Waals surface area contributed by atoms with Gasteiger partial charge in [0.05, 0.1) is 5.52 Å². The molecule has 0 radical (unpaired) electrons. The van der Waals surface area contributed by atoms with E-state index in [0.29, 0.717) is 5.95 Å². The van der Waals surface area contributed by atoms with E-state index in [9.17, 15) is 0 Å². The van der Waals surface area contributed by atoms with Crippen LogP contribution in [0, 0.1) is 0 Å². The molecule has 2 N–H and O–H groups in total. The zero-order valence-corrected chi connectivity index (χ0v) is 13.0. The van der Waals surface area contributed by atoms with E-state index in [1.807, 2.05) is 30.0 Å². The molecule has 5 heteroatoms. The quantitative estimate of drug-likeness (QED) is 0.727. The van der Waals surface area contributed by atoms with Crippen LogP contribution in [0.25, 0.3) is 10.9 Å². The third-order valence-corrected chi connectivity index (χ3v) is 3.65. The Kier molecular flexibility index (Phi) is 5.92. The molecule has 1 heterocycles. The average Bonchev–Trinajstić information content (AvgIpc) is 2.49. The molecule has 0 saturated heterocycles. The maximum Gasteiger partial charge on any atom is 0.225 e. The van der Waals surface area contributed by atoms with E-state index in [1.54, 1.807) is 0 Å². The summed E-state index contributed by atoms with van der Waals surface area (Å²) in [4.78, 5) is 9.15. The molecule has 0 amide bonds. The van der Waals surface area contributed by atoms with Crippen molar-refractivity contribution in [3.8, 4) is 0 Å². The van der Waals surface area contributed by atoms with Crippen molar-refractivity contribution in [1.82, 2.24) is 9.97 Å². The fourth-order valence-electron chi connectivity index (χ4n) is 1.95. The lowest BCUT2D eigenvalue weighted by Gasteiger charge is -2.11. The van der Waals surface area contributed by atoms with E-state index < -0.39 is 0 Å². The predicted octanol–water partition coefficient (Wildman–Crippen LogP) is 3.62. The van der Waals surface area contributed by atoms with Gasteiger partial charge in [0.25, 0.3) is 0 Å². The summed E-state index contributed by atoms with van der Waals surface area (Å²) in [6.07, 6.45) is 4.33. The Morgan fingerprint density at radius 2 is 1.95 bits per heavy atom. The number of para-hydroxylation sites is 1. The number of nitrogens with zero attached hydrogens (tertiary/aromatic N) is 2. The summed E-state index contributed by atoms with van der Waals surface area (Å²) in [6.45, 7) is 3.97. The Labute approximate surface area is 124 Å². The summed E-state index contributed by atoms with van der Waals surface area (Å²) in [6, 6.07) is 8.13. The average molecular weight is 290 g/mol. The van der Waals surface area contributed by atoms with Crippen LogP contribution in [0.15, 0.2) is 24.3 Å². The molecule has 4 nitrogen and oxygen atoms in total. The third-order valence-electron chi connectivity index (χ3n) is 2.95. The number of hydrogen-bond acceptors (Lipinski definition) is 5. The van der Waals surface area contributed by atoms with Crippen LogP contribution >= 0.6 is 11.8 Å². The third kappa shape index (κ3) is 4.00. The largest absolute Gasteiger partial charge is 0.369 e. The van der Waals surface area contributed by atoms with E-state index in [1.165, 1.54) is 0 Å². The predicted molar refractivity (Wildman–Crippen MR) is 89.8 cm³/mol. The molecule has 108 valence electrons. The fraction of sp³-hybridized carbons (Fsp3) is 0.467. The van der Waals surface area contributed by atoms with Crippen molar-refractivity contribution in [2.75, 3.05) is 35.7 Å². The molecule has 0 spiro atoms. The topological polar surface area (TPSA) is 49.8 Å². The van der Waals surface area contributed by atoms with Gasteiger partial charge in [0.1, 0.15) is 5.82 Å². The molecule has 0 aliphatic rings. The van der Waals surface area contributed by atoms with Crippen LogP contribution in [0.2, 0.25) is 0 Å². The van der Waals surface area contributed by atoms with Crippen LogP contribution in [0.5, 0.6) is 0 Å². The first-order valence-corrected chi connectivity index (χ1v) is 8.48. The Morgan fingerprint density at radius 3 is 2.75 bits per heavy atom. The van der Waals surface area contributed by atoms with Crippen molar-refractivity contribution < 1.29 is 0 Å². The minimum Gasteiger partial charge on any atom is -0.369 e. The van der Waals surface area contributed by atoms with Crippen LogP contribution in [-0.2, 0) is 0 Å². The molecule has 0 aliphatic heterocycles. The second-order valence-electron chi connectivity index (χ2n) is 4.61. The van der Waals surface area contributed by atoms with Gasteiger partial charge in [-0.25, -0.2) is 4.98 Å². The molecule has 0 bridgehead atoms. The number of rotatable bonds is 8. The number of anilines is 2. The summed E-state index contributed by atoms with van der Waals surface area (Å²) in [5, 5.41) is 7.78. The Morgan fingerprint density at radius 1 is 1.10 bits per heavy atom. The normalized spacial score (nSPS) is 10.7. The van der Waals surface area contributed by atoms with E-state index in [4.69, 9.17) is 0 Å². The van der Waals surface area contributed by atoms with Crippen molar-refractivity contribution in [3.63, 3.8) is 0 Å². The summed E-state index contributed by atoms with van der Waals surface area (Å²) in [5.41, 5.74) is 0.980. The highest BCUT2D eigenvalue weighted by Crippen LogP contribution is 2.21. The van der Waals surface area contributed by atoms with E-state index in [-0.39, 0.29) is 0 Å². The monoisotopic (exact) mass is 290 g/mol. The number of fused-ring (bicyclic) bond motifs is 1. The maximum atomic E-state index is 4.60. The first-order chi connectivity index (χ1) is 9.85. The molecule has 2 rings (SSSR count). The number of thioether (sulfide) groups is 1. The van der Waals surface area contributed by atoms with Gasteiger partial charge in [-0.05, 0) is 37.0 Å². The second-order valence-corrected chi connectivity index (χ2v) is 5.60. The Balaban J connectivity index is 2.19. The summed E-state index contributed by atoms with van der Waals surface area (Å²) in [7, 11) is 0. The van der Waals surface area contributed by atoms with Gasteiger partial charge in [0, 0.05) is 18.5 Å². The molecule has 0 fully saturated rings. The molecular weight excluding hydrogens is 268 g/mol. The van der Waals surface area contributed by atoms with Gasteiger partial charge in [-0.3, -0.25) is 0 Å². The van der Waals surface area contributed by atoms with Gasteiger partial charge in [-0.2, -0.15) is 16.7 Å². The fourth-order valence-corrected chi connectivity index (χ4v) is 2.38. The number of nitrogens with one attached hydrogen (secondary N) is 2. The van der Waals surface area contributed by atoms with Gasteiger partial charge >= 0.3 is 0 Å². The van der Waals surface area contributed by atoms with Gasteiger partial charge in [-0.15, -0.1) is 0 Å². The Bertz CT molecular complexity index is 544. The first kappa shape index (κ1) is 14.9. The van der Waals surface area contributed by atoms with Crippen molar-refractivity contribution in [1.29, 1.82) is 0 Å². The van der Waals surface area contributed by atoms with Crippen molar-refractivity contribution in [3.05, 3.63) is 24.3 Å². The summed E-state index contributed by atoms with van der Waals surface area (Å²) in [5.74, 6) is 2.80. The number of aromatic nitrogens is 2. The smallest absolute Gasteiger partial charge is 0.225 e. The lowest BCUT2D eigenvalue weighted by Crippen LogP contribution is -2.09. The maximum absolute atomic E-state index is 4.60. The molecule has 20 heavy (non-hydrogen) atoms. The lowest BCUT2D eigenvalue weighted by molar-refractivity contribution is 0.950. The number of hydrogen-bond donors (Lipinski definition) is 2. The summed E-state index contributed by atoms with van der Waals surface area (Å²) >= 11 is 1.87. The van der Waals surface area contributed by atoms with Crippen molar-refractivity contribution >= 4 is 34.4 Å². The van der Waals surface area contributed by atoms with Gasteiger partial charge in [-0.1, -0.05) is 19.1 Å². The standard InChI is InChI=1S/C15H22N4S/c1-3-9-17-15-18-13-8-5-4-7-12(13)14(19-15)16-10-6-11-20-2/h4-5,7-8H,3,6,9-11H2,1-2H3,(H2,16,17,18,19). The van der Waals surface area contributed by atoms with Crippen LogP contribution in [0.3, 0.4) is 0 Å². The SMILES string of the molecule is CCCNc1nc(NCCCSC)c2ccccc2n1. The van der Waals surface area contributed by atoms with Crippen LogP contribution in [0.4, 0.5) is 11.8 Å². The summed E-state index contributed by atoms with van der Waals surface area (Å²) < 4.78 is 0. The second kappa shape index (κ2) is 7.94. The highest BCUT2D eigenvalue weighted by Gasteiger charge is 2.06. The van der Waals surface area contributed by atoms with E-state index in [0.717, 1.165) is 48.4 Å². The minimum atomic E-state index is 0.706. The molecule has 0 saturated carbocycles. The van der Waals surface area contributed by atoms with E-state index in [2.05, 4.69) is 39.8 Å². The zero-order chi connectivity index (χ0) is 14.2. The van der Waals surface area contributed by atoms with Crippen LogP contribution in [-0.4, -0.2) is 35.1 Å². The molecule has 1 aromatic carbocycles. The zero-order valence-electron chi connectivity index (χ0n) is 12.1. The van der Waals surface area contributed by atoms with Gasteiger partial charge in [0.15, 0.2) is 0 Å². The highest BCUT2D eigenvalue weighted by molar-refractivity contribution is 7.98. The van der Waals surface area contributed by atoms with Crippen molar-refractivity contribution in [2.24, 2.45) is 0 Å². The lowest BCUT2D eigenvalue weighted by atomic mass is 10.2. The van der Waals surface area contributed by atoms with E-state index >= 15 is 0 Å². The molecular formula is C15H22N4S. The van der Waals surface area contributed by atoms with Gasteiger partial charge < -0.3 is 10.6 Å². The molecule has 1 aromatic heterocycles. The molecule has 0 unspecified atom stereocenters. The van der Waals surface area contributed by atoms with Crippen molar-refractivity contribution in [2.45, 2.75) is 19.8 Å².